The summed E-state index contributed by atoms with van der Waals surface area (Å²) >= 11 is 0. The van der Waals surface area contributed by atoms with Crippen LogP contribution in [0.1, 0.15) is 44.6 Å². The van der Waals surface area contributed by atoms with Gasteiger partial charge in [0.15, 0.2) is 9.84 Å². The van der Waals surface area contributed by atoms with Gasteiger partial charge in [-0.1, -0.05) is 25.5 Å². The van der Waals surface area contributed by atoms with Crippen LogP contribution in [0, 0.1) is 11.8 Å². The summed E-state index contributed by atoms with van der Waals surface area (Å²) in [5.74, 6) is 1.11. The lowest BCUT2D eigenvalue weighted by Gasteiger charge is -2.45. The quantitative estimate of drug-likeness (QED) is 0.837. The first kappa shape index (κ1) is 18.4. The number of fused-ring (bicyclic) bond motifs is 2. The Kier molecular flexibility index (Phi) is 5.49. The van der Waals surface area contributed by atoms with Crippen molar-refractivity contribution >= 4 is 15.7 Å². The summed E-state index contributed by atoms with van der Waals surface area (Å²) in [6.45, 7) is 1.63. The first-order valence-electron chi connectivity index (χ1n) is 9.25. The number of nitrogens with one attached hydrogen (secondary N) is 1. The maximum Gasteiger partial charge on any atom is 0.224 e. The van der Waals surface area contributed by atoms with E-state index in [-0.39, 0.29) is 30.2 Å². The van der Waals surface area contributed by atoms with Crippen LogP contribution in [0.25, 0.3) is 0 Å². The smallest absolute Gasteiger partial charge is 0.224 e. The standard InChI is InChI=1S/C19H28N2O3S/c1-2-25(23,24)17-8-6-13(7-9-17)10-18(22)21-19-14-4-3-5-15(19)12-16(20)11-14/h6-9,14-16,19H,2-5,10-12,20H2,1H3,(H,21,22). The fraction of sp³-hybridized carbons (Fsp3) is 0.632. The Morgan fingerprint density at radius 3 is 2.32 bits per heavy atom. The third-order valence-electron chi connectivity index (χ3n) is 5.73. The van der Waals surface area contributed by atoms with Crippen LogP contribution in [0.15, 0.2) is 29.2 Å². The monoisotopic (exact) mass is 364 g/mol. The molecule has 25 heavy (non-hydrogen) atoms. The molecule has 0 spiro atoms. The Morgan fingerprint density at radius 1 is 1.16 bits per heavy atom. The first-order chi connectivity index (χ1) is 11.9. The van der Waals surface area contributed by atoms with E-state index < -0.39 is 9.84 Å². The zero-order chi connectivity index (χ0) is 18.0. The van der Waals surface area contributed by atoms with Crippen molar-refractivity contribution in [3.63, 3.8) is 0 Å². The molecule has 0 radical (unpaired) electrons. The summed E-state index contributed by atoms with van der Waals surface area (Å²) in [6.07, 6.45) is 5.84. The molecule has 2 saturated carbocycles. The molecule has 2 aliphatic carbocycles. The predicted molar refractivity (Wildman–Crippen MR) is 97.8 cm³/mol. The highest BCUT2D eigenvalue weighted by Crippen LogP contribution is 2.39. The van der Waals surface area contributed by atoms with Gasteiger partial charge in [-0.2, -0.15) is 0 Å². The van der Waals surface area contributed by atoms with Crippen molar-refractivity contribution in [3.05, 3.63) is 29.8 Å². The van der Waals surface area contributed by atoms with Gasteiger partial charge in [0.2, 0.25) is 5.91 Å². The van der Waals surface area contributed by atoms with E-state index in [2.05, 4.69) is 5.32 Å². The number of hydrogen-bond donors (Lipinski definition) is 2. The average Bonchev–Trinajstić information content (AvgIpc) is 2.56. The van der Waals surface area contributed by atoms with E-state index in [1.54, 1.807) is 31.2 Å². The van der Waals surface area contributed by atoms with Crippen LogP contribution >= 0.6 is 0 Å². The topological polar surface area (TPSA) is 89.3 Å². The van der Waals surface area contributed by atoms with Crippen molar-refractivity contribution in [2.45, 2.75) is 62.4 Å². The second kappa shape index (κ2) is 7.46. The Hall–Kier alpha value is -1.40. The van der Waals surface area contributed by atoms with Gasteiger partial charge in [-0.25, -0.2) is 8.42 Å². The number of benzene rings is 1. The molecule has 1 aromatic rings. The highest BCUT2D eigenvalue weighted by atomic mass is 32.2. The van der Waals surface area contributed by atoms with Crippen LogP contribution in [0.2, 0.25) is 0 Å². The van der Waals surface area contributed by atoms with Gasteiger partial charge >= 0.3 is 0 Å². The average molecular weight is 365 g/mol. The minimum Gasteiger partial charge on any atom is -0.353 e. The van der Waals surface area contributed by atoms with Gasteiger partial charge < -0.3 is 11.1 Å². The number of hydrogen-bond acceptors (Lipinski definition) is 4. The highest BCUT2D eigenvalue weighted by Gasteiger charge is 2.39. The number of sulfone groups is 1. The normalized spacial score (nSPS) is 29.2. The molecule has 3 N–H and O–H groups in total. The Bertz CT molecular complexity index is 701. The van der Waals surface area contributed by atoms with Crippen LogP contribution in [-0.2, 0) is 21.1 Å². The molecule has 2 bridgehead atoms. The molecule has 5 nitrogen and oxygen atoms in total. The van der Waals surface area contributed by atoms with E-state index in [0.717, 1.165) is 31.2 Å². The van der Waals surface area contributed by atoms with Crippen LogP contribution in [0.3, 0.4) is 0 Å². The number of nitrogens with two attached hydrogens (primary N) is 1. The maximum atomic E-state index is 12.5. The Labute approximate surface area is 150 Å². The molecule has 6 heteroatoms. The van der Waals surface area contributed by atoms with Crippen molar-refractivity contribution in [1.29, 1.82) is 0 Å². The van der Waals surface area contributed by atoms with Crippen LogP contribution in [0.4, 0.5) is 0 Å². The van der Waals surface area contributed by atoms with Gasteiger partial charge in [-0.05, 0) is 55.2 Å². The molecule has 2 unspecified atom stereocenters. The van der Waals surface area contributed by atoms with E-state index in [1.165, 1.54) is 6.42 Å². The molecule has 1 aromatic carbocycles. The van der Waals surface area contributed by atoms with E-state index in [0.29, 0.717) is 16.7 Å². The largest absolute Gasteiger partial charge is 0.353 e. The van der Waals surface area contributed by atoms with E-state index >= 15 is 0 Å². The van der Waals surface area contributed by atoms with Gasteiger partial charge in [0, 0.05) is 12.1 Å². The zero-order valence-electron chi connectivity index (χ0n) is 14.8. The second-order valence-electron chi connectivity index (χ2n) is 7.50. The lowest BCUT2D eigenvalue weighted by molar-refractivity contribution is -0.122. The van der Waals surface area contributed by atoms with E-state index in [4.69, 9.17) is 5.73 Å². The number of carbonyl (C=O) groups excluding carboxylic acids is 1. The third kappa shape index (κ3) is 4.23. The van der Waals surface area contributed by atoms with Gasteiger partial charge in [0.05, 0.1) is 17.1 Å². The van der Waals surface area contributed by atoms with Crippen molar-refractivity contribution in [1.82, 2.24) is 5.32 Å². The number of rotatable bonds is 5. The molecule has 3 rings (SSSR count). The second-order valence-corrected chi connectivity index (χ2v) is 9.78. The predicted octanol–water partition coefficient (Wildman–Crippen LogP) is 2.04. The van der Waals surface area contributed by atoms with Gasteiger partial charge in [-0.3, -0.25) is 4.79 Å². The molecular formula is C19H28N2O3S. The summed E-state index contributed by atoms with van der Waals surface area (Å²) in [6, 6.07) is 7.18. The summed E-state index contributed by atoms with van der Waals surface area (Å²) in [7, 11) is -3.19. The van der Waals surface area contributed by atoms with E-state index in [9.17, 15) is 13.2 Å². The van der Waals surface area contributed by atoms with Crippen LogP contribution in [0.5, 0.6) is 0 Å². The number of carbonyl (C=O) groups is 1. The molecule has 0 heterocycles. The molecule has 0 aliphatic heterocycles. The lowest BCUT2D eigenvalue weighted by Crippen LogP contribution is -2.54. The van der Waals surface area contributed by atoms with Gasteiger partial charge in [0.25, 0.3) is 0 Å². The Morgan fingerprint density at radius 2 is 1.76 bits per heavy atom. The number of amides is 1. The molecular weight excluding hydrogens is 336 g/mol. The molecule has 2 aliphatic rings. The van der Waals surface area contributed by atoms with Crippen molar-refractivity contribution < 1.29 is 13.2 Å². The molecule has 2 fully saturated rings. The molecule has 1 amide bonds. The van der Waals surface area contributed by atoms with E-state index in [1.807, 2.05) is 0 Å². The van der Waals surface area contributed by atoms with Gasteiger partial charge in [0.1, 0.15) is 0 Å². The van der Waals surface area contributed by atoms with Crippen molar-refractivity contribution in [3.8, 4) is 0 Å². The molecule has 0 saturated heterocycles. The van der Waals surface area contributed by atoms with Crippen LogP contribution < -0.4 is 11.1 Å². The highest BCUT2D eigenvalue weighted by molar-refractivity contribution is 7.91. The molecule has 0 aromatic heterocycles. The summed E-state index contributed by atoms with van der Waals surface area (Å²) in [5, 5.41) is 3.23. The Balaban J connectivity index is 1.61. The first-order valence-corrected chi connectivity index (χ1v) is 10.9. The van der Waals surface area contributed by atoms with Crippen molar-refractivity contribution in [2.24, 2.45) is 17.6 Å². The summed E-state index contributed by atoms with van der Waals surface area (Å²) < 4.78 is 23.7. The maximum absolute atomic E-state index is 12.5. The minimum absolute atomic E-state index is 0.0171. The zero-order valence-corrected chi connectivity index (χ0v) is 15.6. The minimum atomic E-state index is -3.19. The van der Waals surface area contributed by atoms with Gasteiger partial charge in [-0.15, -0.1) is 0 Å². The fourth-order valence-corrected chi connectivity index (χ4v) is 5.31. The molecule has 2 atom stereocenters. The lowest BCUT2D eigenvalue weighted by atomic mass is 9.67. The summed E-state index contributed by atoms with van der Waals surface area (Å²) in [4.78, 5) is 12.8. The summed E-state index contributed by atoms with van der Waals surface area (Å²) in [5.41, 5.74) is 6.98. The molecule has 138 valence electrons. The van der Waals surface area contributed by atoms with Crippen LogP contribution in [-0.4, -0.2) is 32.2 Å². The fourth-order valence-electron chi connectivity index (χ4n) is 4.43. The third-order valence-corrected chi connectivity index (χ3v) is 7.48. The van der Waals surface area contributed by atoms with Crippen molar-refractivity contribution in [2.75, 3.05) is 5.75 Å². The SMILES string of the molecule is CCS(=O)(=O)c1ccc(CC(=O)NC2C3CCCC2CC(N)C3)cc1.